The molecule has 0 bridgehead atoms. The standard InChI is InChI=1S/C17H18O2S/c1-12(19)14-8-10-17(2,3)20-16(14)15-7-5-4-6-13(15)9-11-18/h4-7,9H,8,10H2,1-3H3. The smallest absolute Gasteiger partial charge is 0.156 e. The van der Waals surface area contributed by atoms with Crippen molar-refractivity contribution in [3.8, 4) is 0 Å². The zero-order valence-corrected chi connectivity index (χ0v) is 12.8. The number of rotatable bonds is 3. The Bertz CT molecular complexity index is 620. The molecule has 1 aromatic rings. The first-order valence-corrected chi connectivity index (χ1v) is 7.49. The van der Waals surface area contributed by atoms with E-state index in [4.69, 9.17) is 0 Å². The van der Waals surface area contributed by atoms with Gasteiger partial charge in [0.15, 0.2) is 5.78 Å². The molecule has 1 aliphatic heterocycles. The Balaban J connectivity index is 2.62. The second kappa shape index (κ2) is 5.82. The monoisotopic (exact) mass is 286 g/mol. The number of ketones is 1. The molecule has 0 spiro atoms. The lowest BCUT2D eigenvalue weighted by atomic mass is 9.95. The van der Waals surface area contributed by atoms with Crippen LogP contribution in [-0.2, 0) is 9.59 Å². The lowest BCUT2D eigenvalue weighted by Crippen LogP contribution is -2.21. The van der Waals surface area contributed by atoms with Crippen molar-refractivity contribution in [1.29, 1.82) is 0 Å². The lowest BCUT2D eigenvalue weighted by Gasteiger charge is -2.32. The molecule has 0 N–H and O–H groups in total. The fourth-order valence-corrected chi connectivity index (χ4v) is 3.80. The topological polar surface area (TPSA) is 34.1 Å². The molecule has 104 valence electrons. The van der Waals surface area contributed by atoms with Crippen molar-refractivity contribution in [2.45, 2.75) is 38.4 Å². The van der Waals surface area contributed by atoms with Crippen LogP contribution < -0.4 is 0 Å². The van der Waals surface area contributed by atoms with Gasteiger partial charge in [-0.25, -0.2) is 4.79 Å². The molecular weight excluding hydrogens is 268 g/mol. The zero-order valence-electron chi connectivity index (χ0n) is 12.0. The SMILES string of the molecule is CC(=O)C1=C(c2ccccc2C=C=O)SC(C)(C)CC1. The van der Waals surface area contributed by atoms with E-state index in [0.29, 0.717) is 0 Å². The van der Waals surface area contributed by atoms with E-state index in [1.807, 2.05) is 30.2 Å². The van der Waals surface area contributed by atoms with E-state index in [0.717, 1.165) is 34.4 Å². The van der Waals surface area contributed by atoms with Crippen molar-refractivity contribution >= 4 is 34.5 Å². The van der Waals surface area contributed by atoms with Crippen LogP contribution in [-0.4, -0.2) is 16.5 Å². The molecule has 0 saturated heterocycles. The number of carbonyl (C=O) groups is 1. The minimum Gasteiger partial charge on any atom is -0.295 e. The molecule has 2 nitrogen and oxygen atoms in total. The summed E-state index contributed by atoms with van der Waals surface area (Å²) in [7, 11) is 0. The third-order valence-corrected chi connectivity index (χ3v) is 4.90. The highest BCUT2D eigenvalue weighted by Crippen LogP contribution is 2.48. The maximum absolute atomic E-state index is 11.9. The van der Waals surface area contributed by atoms with Gasteiger partial charge in [0.25, 0.3) is 0 Å². The summed E-state index contributed by atoms with van der Waals surface area (Å²) in [6.45, 7) is 5.99. The van der Waals surface area contributed by atoms with Crippen LogP contribution in [0.25, 0.3) is 11.0 Å². The molecule has 1 heterocycles. The van der Waals surface area contributed by atoms with E-state index in [1.54, 1.807) is 18.7 Å². The fourth-order valence-electron chi connectivity index (χ4n) is 2.38. The quantitative estimate of drug-likeness (QED) is 0.783. The highest BCUT2D eigenvalue weighted by Gasteiger charge is 2.30. The largest absolute Gasteiger partial charge is 0.295 e. The summed E-state index contributed by atoms with van der Waals surface area (Å²) in [5, 5.41) is 0. The molecule has 0 aromatic heterocycles. The molecule has 20 heavy (non-hydrogen) atoms. The van der Waals surface area contributed by atoms with Gasteiger partial charge in [0.05, 0.1) is 0 Å². The second-order valence-electron chi connectivity index (χ2n) is 5.58. The Morgan fingerprint density at radius 3 is 2.70 bits per heavy atom. The van der Waals surface area contributed by atoms with E-state index in [-0.39, 0.29) is 10.5 Å². The van der Waals surface area contributed by atoms with Gasteiger partial charge in [0.1, 0.15) is 5.94 Å². The molecule has 0 amide bonds. The van der Waals surface area contributed by atoms with Crippen LogP contribution in [0.1, 0.15) is 44.7 Å². The maximum Gasteiger partial charge on any atom is 0.156 e. The Labute approximate surface area is 124 Å². The van der Waals surface area contributed by atoms with E-state index >= 15 is 0 Å². The Morgan fingerprint density at radius 1 is 1.35 bits per heavy atom. The van der Waals surface area contributed by atoms with Crippen LogP contribution in [0.4, 0.5) is 0 Å². The van der Waals surface area contributed by atoms with E-state index < -0.39 is 0 Å². The van der Waals surface area contributed by atoms with Crippen LogP contribution in [0.5, 0.6) is 0 Å². The molecule has 0 aliphatic carbocycles. The Hall–Kier alpha value is -1.57. The van der Waals surface area contributed by atoms with Gasteiger partial charge in [-0.1, -0.05) is 38.1 Å². The van der Waals surface area contributed by atoms with Crippen molar-refractivity contribution in [3.63, 3.8) is 0 Å². The minimum absolute atomic E-state index is 0.103. The van der Waals surface area contributed by atoms with Crippen LogP contribution >= 0.6 is 11.8 Å². The van der Waals surface area contributed by atoms with Crippen molar-refractivity contribution < 1.29 is 9.59 Å². The first-order valence-electron chi connectivity index (χ1n) is 6.68. The van der Waals surface area contributed by atoms with Gasteiger partial charge in [-0.2, -0.15) is 0 Å². The maximum atomic E-state index is 11.9. The third-order valence-electron chi connectivity index (χ3n) is 3.47. The van der Waals surface area contributed by atoms with Gasteiger partial charge in [-0.15, -0.1) is 11.8 Å². The number of Topliss-reactive ketones (excluding diaryl/α,β-unsaturated/α-hetero) is 1. The molecule has 3 heteroatoms. The first kappa shape index (κ1) is 14.8. The molecular formula is C17H18O2S. The van der Waals surface area contributed by atoms with Crippen LogP contribution in [0.2, 0.25) is 0 Å². The average Bonchev–Trinajstić information content (AvgIpc) is 2.38. The average molecular weight is 286 g/mol. The molecule has 0 fully saturated rings. The summed E-state index contributed by atoms with van der Waals surface area (Å²) in [5.41, 5.74) is 2.65. The predicted molar refractivity (Wildman–Crippen MR) is 85.1 cm³/mol. The van der Waals surface area contributed by atoms with Gasteiger partial charge >= 0.3 is 0 Å². The summed E-state index contributed by atoms with van der Waals surface area (Å²) in [6.07, 6.45) is 3.22. The van der Waals surface area contributed by atoms with Crippen molar-refractivity contribution in [2.24, 2.45) is 0 Å². The summed E-state index contributed by atoms with van der Waals surface area (Å²) in [5.74, 6) is 1.95. The molecule has 0 radical (unpaired) electrons. The number of allylic oxidation sites excluding steroid dienone is 1. The van der Waals surface area contributed by atoms with Crippen LogP contribution in [0.3, 0.4) is 0 Å². The van der Waals surface area contributed by atoms with E-state index in [2.05, 4.69) is 13.8 Å². The predicted octanol–water partition coefficient (Wildman–Crippen LogP) is 4.14. The zero-order chi connectivity index (χ0) is 14.8. The van der Waals surface area contributed by atoms with Gasteiger partial charge in [-0.05, 0) is 30.9 Å². The Morgan fingerprint density at radius 2 is 2.05 bits per heavy atom. The molecule has 1 aromatic carbocycles. The minimum atomic E-state index is 0.103. The third kappa shape index (κ3) is 3.12. The second-order valence-corrected chi connectivity index (χ2v) is 7.29. The molecule has 0 saturated carbocycles. The van der Waals surface area contributed by atoms with Crippen LogP contribution in [0, 0.1) is 0 Å². The van der Waals surface area contributed by atoms with Crippen molar-refractivity contribution in [3.05, 3.63) is 41.0 Å². The number of carbonyl (C=O) groups excluding carboxylic acids is 2. The van der Waals surface area contributed by atoms with Gasteiger partial charge in [0.2, 0.25) is 0 Å². The van der Waals surface area contributed by atoms with Gasteiger partial charge < -0.3 is 0 Å². The number of hydrogen-bond acceptors (Lipinski definition) is 3. The molecule has 1 aliphatic rings. The molecule has 0 unspecified atom stereocenters. The normalized spacial score (nSPS) is 17.6. The summed E-state index contributed by atoms with van der Waals surface area (Å²) < 4.78 is 0.103. The number of benzene rings is 1. The lowest BCUT2D eigenvalue weighted by molar-refractivity contribution is -0.113. The highest BCUT2D eigenvalue weighted by atomic mass is 32.2. The van der Waals surface area contributed by atoms with E-state index in [9.17, 15) is 9.59 Å². The van der Waals surface area contributed by atoms with Crippen molar-refractivity contribution in [1.82, 2.24) is 0 Å². The molecule has 2 rings (SSSR count). The van der Waals surface area contributed by atoms with Gasteiger partial charge in [-0.3, -0.25) is 4.79 Å². The first-order chi connectivity index (χ1) is 9.44. The summed E-state index contributed by atoms with van der Waals surface area (Å²) >= 11 is 1.73. The summed E-state index contributed by atoms with van der Waals surface area (Å²) in [6, 6.07) is 7.67. The highest BCUT2D eigenvalue weighted by molar-refractivity contribution is 8.09. The van der Waals surface area contributed by atoms with Crippen LogP contribution in [0.15, 0.2) is 29.8 Å². The molecule has 0 atom stereocenters. The summed E-state index contributed by atoms with van der Waals surface area (Å²) in [4.78, 5) is 23.6. The number of thioether (sulfide) groups is 1. The fraction of sp³-hybridized carbons (Fsp3) is 0.353. The number of hydrogen-bond donors (Lipinski definition) is 0. The van der Waals surface area contributed by atoms with Crippen molar-refractivity contribution in [2.75, 3.05) is 0 Å². The Kier molecular flexibility index (Phi) is 4.32. The van der Waals surface area contributed by atoms with E-state index in [1.165, 1.54) is 6.08 Å². The van der Waals surface area contributed by atoms with Gasteiger partial charge in [0, 0.05) is 21.3 Å².